The molecule has 0 spiro atoms. The van der Waals surface area contributed by atoms with Crippen LogP contribution < -0.4 is 0 Å². The Bertz CT molecular complexity index is 1850. The summed E-state index contributed by atoms with van der Waals surface area (Å²) in [5, 5.41) is 3.05. The van der Waals surface area contributed by atoms with Crippen LogP contribution in [0.1, 0.15) is 0 Å². The first-order chi connectivity index (χ1) is 17.3. The number of hydrogen-bond donors (Lipinski definition) is 0. The van der Waals surface area contributed by atoms with Crippen LogP contribution in [0.5, 0.6) is 0 Å². The second-order valence-corrected chi connectivity index (χ2v) is 9.01. The normalized spacial score (nSPS) is 11.6. The van der Waals surface area contributed by atoms with Gasteiger partial charge in [-0.05, 0) is 65.7 Å². The van der Waals surface area contributed by atoms with Crippen LogP contribution in [0.25, 0.3) is 61.2 Å². The third kappa shape index (κ3) is 3.24. The molecule has 5 aromatic carbocycles. The number of aromatic nitrogens is 2. The Hall–Kier alpha value is -4.34. The summed E-state index contributed by atoms with van der Waals surface area (Å²) >= 11 is 6.26. The first-order valence-electron chi connectivity index (χ1n) is 11.5. The summed E-state index contributed by atoms with van der Waals surface area (Å²) in [6.07, 6.45) is 0. The molecule has 0 amide bonds. The molecule has 0 atom stereocenters. The SMILES string of the molecule is Clc1cccc2nc(-c3ccc(-c4ccc5c(c4)c4ccccc4n5-c4ccccc4)cc3)oc12. The zero-order valence-electron chi connectivity index (χ0n) is 18.7. The van der Waals surface area contributed by atoms with E-state index in [0.717, 1.165) is 22.3 Å². The van der Waals surface area contributed by atoms with Crippen molar-refractivity contribution >= 4 is 44.5 Å². The largest absolute Gasteiger partial charge is 0.435 e. The maximum Gasteiger partial charge on any atom is 0.227 e. The van der Waals surface area contributed by atoms with Gasteiger partial charge >= 0.3 is 0 Å². The molecule has 7 rings (SSSR count). The van der Waals surface area contributed by atoms with Gasteiger partial charge in [0.05, 0.1) is 16.1 Å². The molecule has 0 aliphatic rings. The lowest BCUT2D eigenvalue weighted by atomic mass is 10.0. The lowest BCUT2D eigenvalue weighted by molar-refractivity contribution is 0.620. The molecular formula is C31H19ClN2O. The van der Waals surface area contributed by atoms with Crippen molar-refractivity contribution in [2.75, 3.05) is 0 Å². The Morgan fingerprint density at radius 1 is 0.600 bits per heavy atom. The van der Waals surface area contributed by atoms with Crippen molar-refractivity contribution in [2.24, 2.45) is 0 Å². The molecule has 3 nitrogen and oxygen atoms in total. The fourth-order valence-corrected chi connectivity index (χ4v) is 5.06. The summed E-state index contributed by atoms with van der Waals surface area (Å²) in [4.78, 5) is 4.60. The molecule has 2 heterocycles. The van der Waals surface area contributed by atoms with Gasteiger partial charge in [-0.3, -0.25) is 0 Å². The highest BCUT2D eigenvalue weighted by Crippen LogP contribution is 2.35. The van der Waals surface area contributed by atoms with E-state index in [1.165, 1.54) is 27.4 Å². The summed E-state index contributed by atoms with van der Waals surface area (Å²) in [6, 6.07) is 39.7. The molecule has 35 heavy (non-hydrogen) atoms. The number of hydrogen-bond acceptors (Lipinski definition) is 2. The van der Waals surface area contributed by atoms with Gasteiger partial charge in [0.1, 0.15) is 5.52 Å². The zero-order chi connectivity index (χ0) is 23.4. The second-order valence-electron chi connectivity index (χ2n) is 8.60. The van der Waals surface area contributed by atoms with Gasteiger partial charge in [-0.15, -0.1) is 0 Å². The van der Waals surface area contributed by atoms with Crippen molar-refractivity contribution in [3.05, 3.63) is 120 Å². The summed E-state index contributed by atoms with van der Waals surface area (Å²) in [6.45, 7) is 0. The zero-order valence-corrected chi connectivity index (χ0v) is 19.4. The molecule has 0 aliphatic heterocycles. The minimum Gasteiger partial charge on any atom is -0.435 e. The van der Waals surface area contributed by atoms with Crippen molar-refractivity contribution in [3.63, 3.8) is 0 Å². The highest BCUT2D eigenvalue weighted by atomic mass is 35.5. The standard InChI is InChI=1S/C31H19ClN2O/c32-26-10-6-11-27-30(26)35-31(33-27)21-15-13-20(14-16-21)22-17-18-29-25(19-22)24-9-4-5-12-28(24)34(29)23-7-2-1-3-8-23/h1-19H. The van der Waals surface area contributed by atoms with Crippen LogP contribution in [0.4, 0.5) is 0 Å². The van der Waals surface area contributed by atoms with Gasteiger partial charge < -0.3 is 8.98 Å². The highest BCUT2D eigenvalue weighted by Gasteiger charge is 2.14. The first-order valence-corrected chi connectivity index (χ1v) is 11.9. The second kappa shape index (κ2) is 7.86. The van der Waals surface area contributed by atoms with Crippen LogP contribution in [0, 0.1) is 0 Å². The third-order valence-corrected chi connectivity index (χ3v) is 6.82. The maximum atomic E-state index is 6.26. The van der Waals surface area contributed by atoms with Gasteiger partial charge in [-0.1, -0.05) is 72.3 Å². The Kier molecular flexibility index (Phi) is 4.51. The Labute approximate surface area is 206 Å². The number of fused-ring (bicyclic) bond motifs is 4. The summed E-state index contributed by atoms with van der Waals surface area (Å²) < 4.78 is 8.26. The fraction of sp³-hybridized carbons (Fsp3) is 0. The molecule has 0 radical (unpaired) electrons. The molecule has 166 valence electrons. The number of rotatable bonds is 3. The average Bonchev–Trinajstić information content (AvgIpc) is 3.50. The lowest BCUT2D eigenvalue weighted by Gasteiger charge is -2.08. The van der Waals surface area contributed by atoms with Gasteiger partial charge in [0.25, 0.3) is 0 Å². The van der Waals surface area contributed by atoms with Gasteiger partial charge in [-0.2, -0.15) is 0 Å². The molecule has 0 N–H and O–H groups in total. The summed E-state index contributed by atoms with van der Waals surface area (Å²) in [7, 11) is 0. The van der Waals surface area contributed by atoms with E-state index in [4.69, 9.17) is 16.0 Å². The van der Waals surface area contributed by atoms with E-state index in [-0.39, 0.29) is 0 Å². The van der Waals surface area contributed by atoms with Crippen LogP contribution in [-0.2, 0) is 0 Å². The Balaban J connectivity index is 1.33. The van der Waals surface area contributed by atoms with Crippen LogP contribution in [0.3, 0.4) is 0 Å². The van der Waals surface area contributed by atoms with E-state index in [0.29, 0.717) is 16.5 Å². The molecule has 0 saturated carbocycles. The van der Waals surface area contributed by atoms with E-state index in [1.807, 2.05) is 30.3 Å². The van der Waals surface area contributed by atoms with E-state index < -0.39 is 0 Å². The van der Waals surface area contributed by atoms with E-state index in [2.05, 4.69) is 94.5 Å². The molecule has 7 aromatic rings. The van der Waals surface area contributed by atoms with Crippen LogP contribution >= 0.6 is 11.6 Å². The molecule has 4 heteroatoms. The van der Waals surface area contributed by atoms with E-state index in [9.17, 15) is 0 Å². The van der Waals surface area contributed by atoms with E-state index in [1.54, 1.807) is 0 Å². The lowest BCUT2D eigenvalue weighted by Crippen LogP contribution is -1.92. The van der Waals surface area contributed by atoms with Crippen molar-refractivity contribution < 1.29 is 4.42 Å². The topological polar surface area (TPSA) is 31.0 Å². The van der Waals surface area contributed by atoms with E-state index >= 15 is 0 Å². The minimum absolute atomic E-state index is 0.570. The number of benzene rings is 5. The average molecular weight is 471 g/mol. The predicted octanol–water partition coefficient (Wildman–Crippen LogP) is 8.91. The summed E-state index contributed by atoms with van der Waals surface area (Å²) in [5.41, 5.74) is 8.17. The number of para-hydroxylation sites is 3. The minimum atomic E-state index is 0.570. The maximum absolute atomic E-state index is 6.26. The number of nitrogens with zero attached hydrogens (tertiary/aromatic N) is 2. The third-order valence-electron chi connectivity index (χ3n) is 6.52. The molecule has 0 aliphatic carbocycles. The van der Waals surface area contributed by atoms with Crippen molar-refractivity contribution in [1.29, 1.82) is 0 Å². The van der Waals surface area contributed by atoms with Crippen molar-refractivity contribution in [2.45, 2.75) is 0 Å². The number of oxazole rings is 1. The molecule has 0 unspecified atom stereocenters. The highest BCUT2D eigenvalue weighted by molar-refractivity contribution is 6.34. The monoisotopic (exact) mass is 470 g/mol. The van der Waals surface area contributed by atoms with Crippen LogP contribution in [-0.4, -0.2) is 9.55 Å². The smallest absolute Gasteiger partial charge is 0.227 e. The van der Waals surface area contributed by atoms with Gasteiger partial charge in [-0.25, -0.2) is 4.98 Å². The Morgan fingerprint density at radius 2 is 1.31 bits per heavy atom. The predicted molar refractivity (Wildman–Crippen MR) is 144 cm³/mol. The van der Waals surface area contributed by atoms with Gasteiger partial charge in [0.15, 0.2) is 5.58 Å². The molecule has 0 fully saturated rings. The van der Waals surface area contributed by atoms with Crippen molar-refractivity contribution in [3.8, 4) is 28.3 Å². The first kappa shape index (κ1) is 20.1. The molecular weight excluding hydrogens is 452 g/mol. The van der Waals surface area contributed by atoms with Crippen LogP contribution in [0.2, 0.25) is 5.02 Å². The van der Waals surface area contributed by atoms with Gasteiger partial charge in [0.2, 0.25) is 5.89 Å². The molecule has 2 aromatic heterocycles. The quantitative estimate of drug-likeness (QED) is 0.258. The molecule has 0 bridgehead atoms. The summed E-state index contributed by atoms with van der Waals surface area (Å²) in [5.74, 6) is 0.570. The number of halogens is 1. The van der Waals surface area contributed by atoms with Gasteiger partial charge in [0, 0.05) is 22.0 Å². The Morgan fingerprint density at radius 3 is 2.14 bits per heavy atom. The van der Waals surface area contributed by atoms with Crippen molar-refractivity contribution in [1.82, 2.24) is 9.55 Å². The molecule has 0 saturated heterocycles. The van der Waals surface area contributed by atoms with Crippen LogP contribution in [0.15, 0.2) is 120 Å². The fourth-order valence-electron chi connectivity index (χ4n) is 4.85.